The number of nitrogens with one attached hydrogen (secondary N) is 1. The summed E-state index contributed by atoms with van der Waals surface area (Å²) in [5.41, 5.74) is 1.36. The summed E-state index contributed by atoms with van der Waals surface area (Å²) in [6, 6.07) is 15.7. The summed E-state index contributed by atoms with van der Waals surface area (Å²) in [6.07, 6.45) is 2.03. The van der Waals surface area contributed by atoms with E-state index in [1.807, 2.05) is 31.2 Å². The largest absolute Gasteiger partial charge is 0.377 e. The molecular weight excluding hydrogens is 388 g/mol. The van der Waals surface area contributed by atoms with E-state index in [1.165, 1.54) is 0 Å². The minimum atomic E-state index is -3.78. The molecule has 1 N–H and O–H groups in total. The van der Waals surface area contributed by atoms with Crippen LogP contribution in [0.25, 0.3) is 11.0 Å². The fourth-order valence-corrected chi connectivity index (χ4v) is 4.59. The quantitative estimate of drug-likeness (QED) is 0.668. The summed E-state index contributed by atoms with van der Waals surface area (Å²) in [5.74, 6) is 0.775. The molecule has 3 aromatic rings. The van der Waals surface area contributed by atoms with Gasteiger partial charge in [-0.3, -0.25) is 4.72 Å². The number of aromatic nitrogens is 2. The molecule has 0 bridgehead atoms. The van der Waals surface area contributed by atoms with E-state index >= 15 is 0 Å². The number of ether oxygens (including phenoxy) is 1. The molecule has 7 nitrogen and oxygen atoms in total. The van der Waals surface area contributed by atoms with E-state index in [1.54, 1.807) is 30.3 Å². The average Bonchev–Trinajstić information content (AvgIpc) is 2.74. The first-order valence-corrected chi connectivity index (χ1v) is 11.3. The molecule has 4 rings (SSSR count). The van der Waals surface area contributed by atoms with Gasteiger partial charge in [0.25, 0.3) is 10.0 Å². The van der Waals surface area contributed by atoms with Crippen molar-refractivity contribution < 1.29 is 13.2 Å². The Hall–Kier alpha value is -2.71. The van der Waals surface area contributed by atoms with E-state index in [9.17, 15) is 8.42 Å². The lowest BCUT2D eigenvalue weighted by atomic mass is 10.1. The van der Waals surface area contributed by atoms with Crippen LogP contribution in [0, 0.1) is 0 Å². The first kappa shape index (κ1) is 19.6. The van der Waals surface area contributed by atoms with Gasteiger partial charge < -0.3 is 9.64 Å². The van der Waals surface area contributed by atoms with Crippen LogP contribution in [0.15, 0.2) is 59.5 Å². The third-order valence-electron chi connectivity index (χ3n) is 4.92. The van der Waals surface area contributed by atoms with Gasteiger partial charge in [0.05, 0.1) is 22.0 Å². The van der Waals surface area contributed by atoms with Crippen LogP contribution in [-0.2, 0) is 14.8 Å². The Labute approximate surface area is 170 Å². The Bertz CT molecular complexity index is 1090. The highest BCUT2D eigenvalue weighted by molar-refractivity contribution is 7.92. The SMILES string of the molecule is CCOC1CCCN(c2nc3ccccc3nc2NS(=O)(=O)c2ccccc2)C1. The minimum absolute atomic E-state index is 0.0978. The molecule has 1 atom stereocenters. The number of fused-ring (bicyclic) bond motifs is 1. The fraction of sp³-hybridized carbons (Fsp3) is 0.333. The van der Waals surface area contributed by atoms with Crippen molar-refractivity contribution in [2.45, 2.75) is 30.8 Å². The second-order valence-corrected chi connectivity index (χ2v) is 8.65. The molecule has 2 heterocycles. The van der Waals surface area contributed by atoms with Crippen molar-refractivity contribution in [1.29, 1.82) is 0 Å². The van der Waals surface area contributed by atoms with Gasteiger partial charge >= 0.3 is 0 Å². The molecule has 1 saturated heterocycles. The summed E-state index contributed by atoms with van der Waals surface area (Å²) in [6.45, 7) is 4.06. The number of anilines is 2. The summed E-state index contributed by atoms with van der Waals surface area (Å²) in [7, 11) is -3.78. The number of nitrogens with zero attached hydrogens (tertiary/aromatic N) is 3. The summed E-state index contributed by atoms with van der Waals surface area (Å²) < 4.78 is 34.3. The molecule has 8 heteroatoms. The van der Waals surface area contributed by atoms with Gasteiger partial charge in [-0.2, -0.15) is 0 Å². The second kappa shape index (κ2) is 8.34. The van der Waals surface area contributed by atoms with E-state index in [-0.39, 0.29) is 16.8 Å². The molecule has 1 aromatic heterocycles. The first-order chi connectivity index (χ1) is 14.1. The van der Waals surface area contributed by atoms with Crippen molar-refractivity contribution in [2.24, 2.45) is 0 Å². The van der Waals surface area contributed by atoms with Crippen molar-refractivity contribution in [3.63, 3.8) is 0 Å². The number of benzene rings is 2. The van der Waals surface area contributed by atoms with E-state index in [2.05, 4.69) is 14.6 Å². The fourth-order valence-electron chi connectivity index (χ4n) is 3.57. The van der Waals surface area contributed by atoms with Gasteiger partial charge in [-0.1, -0.05) is 30.3 Å². The Balaban J connectivity index is 1.75. The number of hydrogen-bond acceptors (Lipinski definition) is 6. The molecule has 0 spiro atoms. The lowest BCUT2D eigenvalue weighted by Gasteiger charge is -2.34. The highest BCUT2D eigenvalue weighted by Gasteiger charge is 2.26. The van der Waals surface area contributed by atoms with Gasteiger partial charge in [0.1, 0.15) is 0 Å². The van der Waals surface area contributed by atoms with Crippen molar-refractivity contribution in [1.82, 2.24) is 9.97 Å². The second-order valence-electron chi connectivity index (χ2n) is 6.97. The maximum Gasteiger partial charge on any atom is 0.263 e. The van der Waals surface area contributed by atoms with Crippen LogP contribution in [0.3, 0.4) is 0 Å². The highest BCUT2D eigenvalue weighted by Crippen LogP contribution is 2.29. The molecule has 1 unspecified atom stereocenters. The normalized spacial score (nSPS) is 17.4. The van der Waals surface area contributed by atoms with Gasteiger partial charge in [0, 0.05) is 19.7 Å². The summed E-state index contributed by atoms with van der Waals surface area (Å²) in [4.78, 5) is 11.6. The van der Waals surface area contributed by atoms with Crippen molar-refractivity contribution in [3.05, 3.63) is 54.6 Å². The summed E-state index contributed by atoms with van der Waals surface area (Å²) >= 11 is 0. The maximum atomic E-state index is 12.9. The van der Waals surface area contributed by atoms with Gasteiger partial charge in [0.15, 0.2) is 11.6 Å². The third kappa shape index (κ3) is 4.33. The molecule has 0 aliphatic carbocycles. The van der Waals surface area contributed by atoms with Crippen molar-refractivity contribution in [3.8, 4) is 0 Å². The molecule has 1 aliphatic heterocycles. The molecule has 1 fully saturated rings. The van der Waals surface area contributed by atoms with Crippen molar-refractivity contribution >= 4 is 32.7 Å². The zero-order valence-electron chi connectivity index (χ0n) is 16.3. The van der Waals surface area contributed by atoms with Gasteiger partial charge in [-0.25, -0.2) is 18.4 Å². The van der Waals surface area contributed by atoms with Crippen LogP contribution in [-0.4, -0.2) is 44.2 Å². The monoisotopic (exact) mass is 412 g/mol. The molecule has 1 aliphatic rings. The minimum Gasteiger partial charge on any atom is -0.377 e. The maximum absolute atomic E-state index is 12.9. The average molecular weight is 413 g/mol. The number of para-hydroxylation sites is 2. The Kier molecular flexibility index (Phi) is 5.64. The topological polar surface area (TPSA) is 84.4 Å². The smallest absolute Gasteiger partial charge is 0.263 e. The lowest BCUT2D eigenvalue weighted by Crippen LogP contribution is -2.40. The standard InChI is InChI=1S/C21H24N4O3S/c1-2-28-16-9-8-14-25(15-16)21-20(22-18-12-6-7-13-19(18)23-21)24-29(26,27)17-10-4-3-5-11-17/h3-7,10-13,16H,2,8-9,14-15H2,1H3,(H,22,24). The number of piperidine rings is 1. The molecule has 2 aromatic carbocycles. The molecule has 0 radical (unpaired) electrons. The number of sulfonamides is 1. The molecule has 0 saturated carbocycles. The predicted molar refractivity (Wildman–Crippen MR) is 114 cm³/mol. The van der Waals surface area contributed by atoms with E-state index in [0.29, 0.717) is 24.5 Å². The molecule has 0 amide bonds. The molecule has 152 valence electrons. The van der Waals surface area contributed by atoms with Crippen LogP contribution >= 0.6 is 0 Å². The van der Waals surface area contributed by atoms with Crippen LogP contribution in [0.1, 0.15) is 19.8 Å². The highest BCUT2D eigenvalue weighted by atomic mass is 32.2. The predicted octanol–water partition coefficient (Wildman–Crippen LogP) is 3.44. The van der Waals surface area contributed by atoms with Gasteiger partial charge in [-0.05, 0) is 44.0 Å². The Morgan fingerprint density at radius 3 is 2.48 bits per heavy atom. The van der Waals surface area contributed by atoms with Crippen LogP contribution < -0.4 is 9.62 Å². The lowest BCUT2D eigenvalue weighted by molar-refractivity contribution is 0.0525. The van der Waals surface area contributed by atoms with Gasteiger partial charge in [-0.15, -0.1) is 0 Å². The van der Waals surface area contributed by atoms with Crippen LogP contribution in [0.4, 0.5) is 11.6 Å². The van der Waals surface area contributed by atoms with Crippen LogP contribution in [0.2, 0.25) is 0 Å². The zero-order valence-corrected chi connectivity index (χ0v) is 17.1. The zero-order chi connectivity index (χ0) is 20.3. The third-order valence-corrected chi connectivity index (χ3v) is 6.27. The first-order valence-electron chi connectivity index (χ1n) is 9.78. The van der Waals surface area contributed by atoms with E-state index < -0.39 is 10.0 Å². The number of hydrogen-bond donors (Lipinski definition) is 1. The van der Waals surface area contributed by atoms with Crippen molar-refractivity contribution in [2.75, 3.05) is 29.3 Å². The summed E-state index contributed by atoms with van der Waals surface area (Å²) in [5, 5.41) is 0. The van der Waals surface area contributed by atoms with Crippen LogP contribution in [0.5, 0.6) is 0 Å². The van der Waals surface area contributed by atoms with E-state index in [4.69, 9.17) is 9.72 Å². The van der Waals surface area contributed by atoms with E-state index in [0.717, 1.165) is 24.9 Å². The molecule has 29 heavy (non-hydrogen) atoms. The molecular formula is C21H24N4O3S. The number of rotatable bonds is 6. The Morgan fingerprint density at radius 1 is 1.07 bits per heavy atom. The van der Waals surface area contributed by atoms with Gasteiger partial charge in [0.2, 0.25) is 0 Å². The Morgan fingerprint density at radius 2 is 1.76 bits per heavy atom.